The largest absolute Gasteiger partial charge is 0.492 e. The molecule has 112 valence electrons. The highest BCUT2D eigenvalue weighted by Crippen LogP contribution is 2.23. The molecule has 2 rings (SSSR count). The number of hydrogen-bond donors (Lipinski definition) is 2. The van der Waals surface area contributed by atoms with Crippen molar-refractivity contribution in [3.63, 3.8) is 0 Å². The molecule has 1 unspecified atom stereocenters. The maximum atomic E-state index is 9.31. The fourth-order valence-electron chi connectivity index (χ4n) is 1.67. The number of aliphatic hydroxyl groups excluding tert-OH is 1. The predicted octanol–water partition coefficient (Wildman–Crippen LogP) is 2.83. The summed E-state index contributed by atoms with van der Waals surface area (Å²) in [6.45, 7) is 2.30. The fraction of sp³-hybridized carbons (Fsp3) is 0.294. The highest BCUT2D eigenvalue weighted by molar-refractivity contribution is 5.35. The minimum atomic E-state index is -0.445. The van der Waals surface area contributed by atoms with Crippen molar-refractivity contribution in [1.82, 2.24) is 5.32 Å². The lowest BCUT2D eigenvalue weighted by molar-refractivity contribution is 0.122. The van der Waals surface area contributed by atoms with Gasteiger partial charge in [0.15, 0.2) is 0 Å². The van der Waals surface area contributed by atoms with Crippen LogP contribution in [0.4, 0.5) is 0 Å². The molecule has 2 N–H and O–H groups in total. The van der Waals surface area contributed by atoms with Crippen LogP contribution in [0, 0.1) is 0 Å². The predicted molar refractivity (Wildman–Crippen MR) is 83.0 cm³/mol. The van der Waals surface area contributed by atoms with Crippen LogP contribution in [0.15, 0.2) is 54.6 Å². The molecule has 0 fully saturated rings. The standard InChI is InChI=1S/C17H21NO3/c1-17(12-19,18-2)13-20-14-8-10-16(11-9-14)21-15-6-4-3-5-7-15/h3-11,18-19H,12-13H2,1-2H3. The van der Waals surface area contributed by atoms with Gasteiger partial charge in [-0.05, 0) is 50.4 Å². The van der Waals surface area contributed by atoms with Crippen LogP contribution in [0.1, 0.15) is 6.92 Å². The summed E-state index contributed by atoms with van der Waals surface area (Å²) < 4.78 is 11.4. The molecule has 0 aliphatic heterocycles. The second kappa shape index (κ2) is 7.11. The Balaban J connectivity index is 1.93. The van der Waals surface area contributed by atoms with Gasteiger partial charge in [-0.1, -0.05) is 18.2 Å². The number of para-hydroxylation sites is 1. The van der Waals surface area contributed by atoms with Crippen LogP contribution in [0.2, 0.25) is 0 Å². The van der Waals surface area contributed by atoms with Crippen LogP contribution < -0.4 is 14.8 Å². The Morgan fingerprint density at radius 3 is 2.10 bits per heavy atom. The molecule has 21 heavy (non-hydrogen) atoms. The first-order chi connectivity index (χ1) is 10.1. The van der Waals surface area contributed by atoms with E-state index in [-0.39, 0.29) is 6.61 Å². The first-order valence-electron chi connectivity index (χ1n) is 6.91. The molecule has 1 atom stereocenters. The fourth-order valence-corrected chi connectivity index (χ4v) is 1.67. The lowest BCUT2D eigenvalue weighted by atomic mass is 10.1. The van der Waals surface area contributed by atoms with Gasteiger partial charge in [0, 0.05) is 0 Å². The molecule has 0 aliphatic carbocycles. The molecular weight excluding hydrogens is 266 g/mol. The molecular formula is C17H21NO3. The van der Waals surface area contributed by atoms with Crippen molar-refractivity contribution in [2.24, 2.45) is 0 Å². The zero-order chi connectivity index (χ0) is 15.1. The Labute approximate surface area is 125 Å². The van der Waals surface area contributed by atoms with Crippen LogP contribution in [-0.2, 0) is 0 Å². The molecule has 0 aliphatic rings. The second-order valence-electron chi connectivity index (χ2n) is 5.14. The first-order valence-corrected chi connectivity index (χ1v) is 6.91. The van der Waals surface area contributed by atoms with E-state index in [1.807, 2.05) is 61.5 Å². The van der Waals surface area contributed by atoms with Crippen molar-refractivity contribution < 1.29 is 14.6 Å². The van der Waals surface area contributed by atoms with Gasteiger partial charge >= 0.3 is 0 Å². The molecule has 0 heterocycles. The number of hydrogen-bond acceptors (Lipinski definition) is 4. The number of nitrogens with one attached hydrogen (secondary N) is 1. The smallest absolute Gasteiger partial charge is 0.127 e. The number of likely N-dealkylation sites (N-methyl/N-ethyl adjacent to an activating group) is 1. The summed E-state index contributed by atoms with van der Waals surface area (Å²) in [7, 11) is 1.80. The van der Waals surface area contributed by atoms with E-state index in [0.29, 0.717) is 6.61 Å². The van der Waals surface area contributed by atoms with Gasteiger partial charge in [0.25, 0.3) is 0 Å². The topological polar surface area (TPSA) is 50.7 Å². The molecule has 0 amide bonds. The van der Waals surface area contributed by atoms with E-state index in [1.54, 1.807) is 7.05 Å². The number of aliphatic hydroxyl groups is 1. The highest BCUT2D eigenvalue weighted by Gasteiger charge is 2.21. The van der Waals surface area contributed by atoms with E-state index in [0.717, 1.165) is 17.2 Å². The molecule has 0 bridgehead atoms. The summed E-state index contributed by atoms with van der Waals surface area (Å²) in [5.41, 5.74) is -0.445. The van der Waals surface area contributed by atoms with E-state index < -0.39 is 5.54 Å². The lowest BCUT2D eigenvalue weighted by Crippen LogP contribution is -2.48. The summed E-state index contributed by atoms with van der Waals surface area (Å²) >= 11 is 0. The summed E-state index contributed by atoms with van der Waals surface area (Å²) in [5.74, 6) is 2.30. The summed E-state index contributed by atoms with van der Waals surface area (Å²) in [6, 6.07) is 17.0. The summed E-state index contributed by atoms with van der Waals surface area (Å²) in [4.78, 5) is 0. The summed E-state index contributed by atoms with van der Waals surface area (Å²) in [5, 5.41) is 12.4. The van der Waals surface area contributed by atoms with Gasteiger partial charge in [0.05, 0.1) is 12.1 Å². The van der Waals surface area contributed by atoms with E-state index in [2.05, 4.69) is 5.32 Å². The van der Waals surface area contributed by atoms with Crippen LogP contribution in [0.5, 0.6) is 17.2 Å². The second-order valence-corrected chi connectivity index (χ2v) is 5.14. The summed E-state index contributed by atoms with van der Waals surface area (Å²) in [6.07, 6.45) is 0. The van der Waals surface area contributed by atoms with Gasteiger partial charge in [-0.3, -0.25) is 0 Å². The Hall–Kier alpha value is -2.04. The van der Waals surface area contributed by atoms with Gasteiger partial charge in [-0.2, -0.15) is 0 Å². The van der Waals surface area contributed by atoms with Crippen molar-refractivity contribution in [2.75, 3.05) is 20.3 Å². The zero-order valence-electron chi connectivity index (χ0n) is 12.4. The van der Waals surface area contributed by atoms with E-state index >= 15 is 0 Å². The van der Waals surface area contributed by atoms with E-state index in [9.17, 15) is 5.11 Å². The molecule has 2 aromatic carbocycles. The Bertz CT molecular complexity index is 536. The Morgan fingerprint density at radius 2 is 1.52 bits per heavy atom. The minimum absolute atomic E-state index is 0.0126. The third-order valence-corrected chi connectivity index (χ3v) is 3.31. The maximum absolute atomic E-state index is 9.31. The average molecular weight is 287 g/mol. The SMILES string of the molecule is CNC(C)(CO)COc1ccc(Oc2ccccc2)cc1. The van der Waals surface area contributed by atoms with Crippen LogP contribution >= 0.6 is 0 Å². The van der Waals surface area contributed by atoms with Crippen molar-refractivity contribution in [3.05, 3.63) is 54.6 Å². The molecule has 4 heteroatoms. The molecule has 0 saturated carbocycles. The number of rotatable bonds is 7. The number of ether oxygens (including phenoxy) is 2. The third kappa shape index (κ3) is 4.48. The van der Waals surface area contributed by atoms with E-state index in [1.165, 1.54) is 0 Å². The maximum Gasteiger partial charge on any atom is 0.127 e. The van der Waals surface area contributed by atoms with Crippen LogP contribution in [0.25, 0.3) is 0 Å². The van der Waals surface area contributed by atoms with Crippen molar-refractivity contribution >= 4 is 0 Å². The third-order valence-electron chi connectivity index (χ3n) is 3.31. The molecule has 0 radical (unpaired) electrons. The Morgan fingerprint density at radius 1 is 0.952 bits per heavy atom. The quantitative estimate of drug-likeness (QED) is 0.822. The molecule has 0 spiro atoms. The molecule has 4 nitrogen and oxygen atoms in total. The number of benzene rings is 2. The van der Waals surface area contributed by atoms with Gasteiger partial charge in [-0.25, -0.2) is 0 Å². The van der Waals surface area contributed by atoms with Crippen molar-refractivity contribution in [1.29, 1.82) is 0 Å². The monoisotopic (exact) mass is 287 g/mol. The van der Waals surface area contributed by atoms with Crippen LogP contribution in [0.3, 0.4) is 0 Å². The molecule has 2 aromatic rings. The van der Waals surface area contributed by atoms with Crippen LogP contribution in [-0.4, -0.2) is 30.9 Å². The van der Waals surface area contributed by atoms with Gasteiger partial charge in [0.1, 0.15) is 23.9 Å². The van der Waals surface area contributed by atoms with Gasteiger partial charge < -0.3 is 19.9 Å². The minimum Gasteiger partial charge on any atom is -0.492 e. The first kappa shape index (κ1) is 15.4. The highest BCUT2D eigenvalue weighted by atomic mass is 16.5. The average Bonchev–Trinajstić information content (AvgIpc) is 2.55. The van der Waals surface area contributed by atoms with Crippen molar-refractivity contribution in [2.45, 2.75) is 12.5 Å². The zero-order valence-corrected chi connectivity index (χ0v) is 12.4. The Kier molecular flexibility index (Phi) is 5.20. The van der Waals surface area contributed by atoms with Gasteiger partial charge in [0.2, 0.25) is 0 Å². The molecule has 0 saturated heterocycles. The normalized spacial score (nSPS) is 13.5. The lowest BCUT2D eigenvalue weighted by Gasteiger charge is -2.26. The van der Waals surface area contributed by atoms with E-state index in [4.69, 9.17) is 9.47 Å². The van der Waals surface area contributed by atoms with Crippen molar-refractivity contribution in [3.8, 4) is 17.2 Å². The molecule has 0 aromatic heterocycles. The van der Waals surface area contributed by atoms with Gasteiger partial charge in [-0.15, -0.1) is 0 Å².